The molecule has 0 bridgehead atoms. The molecule has 1 unspecified atom stereocenters. The summed E-state index contributed by atoms with van der Waals surface area (Å²) in [6, 6.07) is 1.57. The van der Waals surface area contributed by atoms with Gasteiger partial charge in [-0.3, -0.25) is 9.36 Å². The molecule has 2 rings (SSSR count). The summed E-state index contributed by atoms with van der Waals surface area (Å²) in [5.74, 6) is -0.779. The van der Waals surface area contributed by atoms with Crippen LogP contribution in [0.1, 0.15) is 0 Å². The van der Waals surface area contributed by atoms with E-state index in [1.807, 2.05) is 0 Å². The van der Waals surface area contributed by atoms with Gasteiger partial charge in [-0.25, -0.2) is 14.6 Å². The van der Waals surface area contributed by atoms with Crippen LogP contribution in [0, 0.1) is 0 Å². The average Bonchev–Trinajstić information content (AvgIpc) is 2.49. The van der Waals surface area contributed by atoms with Crippen LogP contribution in [0.5, 0.6) is 0 Å². The molecule has 0 saturated carbocycles. The van der Waals surface area contributed by atoms with Gasteiger partial charge in [-0.05, 0) is 6.07 Å². The second-order valence-electron chi connectivity index (χ2n) is 4.25. The Bertz CT molecular complexity index is 556. The zero-order chi connectivity index (χ0) is 14.5. The van der Waals surface area contributed by atoms with Crippen LogP contribution in [0.2, 0.25) is 0 Å². The van der Waals surface area contributed by atoms with E-state index >= 15 is 0 Å². The molecule has 0 aliphatic carbocycles. The highest BCUT2D eigenvalue weighted by atomic mass is 16.6. The highest BCUT2D eigenvalue weighted by Crippen LogP contribution is 2.07. The first-order chi connectivity index (χ1) is 9.61. The van der Waals surface area contributed by atoms with Crippen molar-refractivity contribution in [3.8, 4) is 0 Å². The zero-order valence-corrected chi connectivity index (χ0v) is 11.0. The smallest absolute Gasteiger partial charge is 0.347 e. The standard InChI is InChI=1S/C12H15N3O5/c1-19-11(17)9-7-14(5-6-20-9)10(16)8-15-4-2-3-13-12(15)18/h2-4,9H,5-8H2,1H3. The Kier molecular flexibility index (Phi) is 4.46. The van der Waals surface area contributed by atoms with Crippen molar-refractivity contribution >= 4 is 11.9 Å². The van der Waals surface area contributed by atoms with Gasteiger partial charge in [0.05, 0.1) is 20.3 Å². The van der Waals surface area contributed by atoms with Crippen LogP contribution in [-0.2, 0) is 25.6 Å². The van der Waals surface area contributed by atoms with Gasteiger partial charge >= 0.3 is 11.7 Å². The summed E-state index contributed by atoms with van der Waals surface area (Å²) in [4.78, 5) is 40.0. The zero-order valence-electron chi connectivity index (χ0n) is 11.0. The summed E-state index contributed by atoms with van der Waals surface area (Å²) in [5, 5.41) is 0. The van der Waals surface area contributed by atoms with E-state index in [-0.39, 0.29) is 25.6 Å². The van der Waals surface area contributed by atoms with Crippen LogP contribution >= 0.6 is 0 Å². The number of esters is 1. The Labute approximate surface area is 114 Å². The van der Waals surface area contributed by atoms with Crippen LogP contribution in [0.15, 0.2) is 23.3 Å². The summed E-state index contributed by atoms with van der Waals surface area (Å²) in [5.41, 5.74) is -0.487. The molecule has 108 valence electrons. The summed E-state index contributed by atoms with van der Waals surface area (Å²) in [7, 11) is 1.27. The predicted molar refractivity (Wildman–Crippen MR) is 66.8 cm³/mol. The van der Waals surface area contributed by atoms with E-state index in [0.29, 0.717) is 6.54 Å². The summed E-state index contributed by atoms with van der Waals surface area (Å²) in [6.45, 7) is 0.649. The Morgan fingerprint density at radius 1 is 1.55 bits per heavy atom. The van der Waals surface area contributed by atoms with Gasteiger partial charge < -0.3 is 14.4 Å². The van der Waals surface area contributed by atoms with Crippen molar-refractivity contribution in [2.24, 2.45) is 0 Å². The minimum atomic E-state index is -0.775. The molecule has 1 aliphatic rings. The van der Waals surface area contributed by atoms with Gasteiger partial charge in [0.1, 0.15) is 6.54 Å². The van der Waals surface area contributed by atoms with Crippen molar-refractivity contribution in [3.05, 3.63) is 28.9 Å². The lowest BCUT2D eigenvalue weighted by Gasteiger charge is -2.31. The number of hydrogen-bond donors (Lipinski definition) is 0. The Hall–Kier alpha value is -2.22. The molecule has 1 fully saturated rings. The molecule has 2 heterocycles. The molecule has 20 heavy (non-hydrogen) atoms. The van der Waals surface area contributed by atoms with Crippen LogP contribution in [-0.4, -0.2) is 59.2 Å². The molecule has 1 aliphatic heterocycles. The molecule has 1 atom stereocenters. The molecule has 1 amide bonds. The van der Waals surface area contributed by atoms with Crippen LogP contribution in [0.25, 0.3) is 0 Å². The minimum absolute atomic E-state index is 0.111. The molecule has 1 saturated heterocycles. The van der Waals surface area contributed by atoms with Gasteiger partial charge in [-0.2, -0.15) is 0 Å². The number of hydrogen-bond acceptors (Lipinski definition) is 6. The number of nitrogens with zero attached hydrogens (tertiary/aromatic N) is 3. The summed E-state index contributed by atoms with van der Waals surface area (Å²) >= 11 is 0. The second-order valence-corrected chi connectivity index (χ2v) is 4.25. The largest absolute Gasteiger partial charge is 0.467 e. The monoisotopic (exact) mass is 281 g/mol. The molecule has 1 aromatic rings. The van der Waals surface area contributed by atoms with Crippen molar-refractivity contribution in [3.63, 3.8) is 0 Å². The fraction of sp³-hybridized carbons (Fsp3) is 0.500. The van der Waals surface area contributed by atoms with Crippen molar-refractivity contribution in [2.75, 3.05) is 26.8 Å². The second kappa shape index (κ2) is 6.29. The molecular weight excluding hydrogens is 266 g/mol. The third-order valence-electron chi connectivity index (χ3n) is 2.97. The Morgan fingerprint density at radius 2 is 2.35 bits per heavy atom. The van der Waals surface area contributed by atoms with Gasteiger partial charge in [0.15, 0.2) is 6.10 Å². The first-order valence-electron chi connectivity index (χ1n) is 6.10. The fourth-order valence-corrected chi connectivity index (χ4v) is 1.90. The number of amides is 1. The third kappa shape index (κ3) is 3.21. The minimum Gasteiger partial charge on any atom is -0.467 e. The number of carbonyl (C=O) groups is 2. The van der Waals surface area contributed by atoms with Gasteiger partial charge in [0.2, 0.25) is 5.91 Å². The first kappa shape index (κ1) is 14.2. The van der Waals surface area contributed by atoms with Crippen LogP contribution in [0.3, 0.4) is 0 Å². The Balaban J connectivity index is 2.01. The molecule has 8 heteroatoms. The Morgan fingerprint density at radius 3 is 3.05 bits per heavy atom. The van der Waals surface area contributed by atoms with Crippen molar-refractivity contribution < 1.29 is 19.1 Å². The number of methoxy groups -OCH3 is 1. The van der Waals surface area contributed by atoms with Crippen LogP contribution < -0.4 is 5.69 Å². The molecule has 1 aromatic heterocycles. The lowest BCUT2D eigenvalue weighted by molar-refractivity contribution is -0.162. The number of morpholine rings is 1. The van der Waals surface area contributed by atoms with Gasteiger partial charge in [0.25, 0.3) is 0 Å². The topological polar surface area (TPSA) is 90.7 Å². The number of rotatable bonds is 3. The van der Waals surface area contributed by atoms with Gasteiger partial charge in [-0.1, -0.05) is 0 Å². The van der Waals surface area contributed by atoms with E-state index in [0.717, 1.165) is 0 Å². The molecular formula is C12H15N3O5. The number of carbonyl (C=O) groups excluding carboxylic acids is 2. The quantitative estimate of drug-likeness (QED) is 0.636. The normalized spacial score (nSPS) is 18.6. The highest BCUT2D eigenvalue weighted by molar-refractivity contribution is 5.79. The predicted octanol–water partition coefficient (Wildman–Crippen LogP) is -1.36. The van der Waals surface area contributed by atoms with Crippen molar-refractivity contribution in [2.45, 2.75) is 12.6 Å². The average molecular weight is 281 g/mol. The number of aromatic nitrogens is 2. The SMILES string of the molecule is COC(=O)C1CN(C(=O)Cn2cccnc2=O)CCO1. The van der Waals surface area contributed by atoms with Crippen LogP contribution in [0.4, 0.5) is 0 Å². The van der Waals surface area contributed by atoms with E-state index in [2.05, 4.69) is 9.72 Å². The summed E-state index contributed by atoms with van der Waals surface area (Å²) in [6.07, 6.45) is 2.08. The number of ether oxygens (including phenoxy) is 2. The fourth-order valence-electron chi connectivity index (χ4n) is 1.90. The third-order valence-corrected chi connectivity index (χ3v) is 2.97. The van der Waals surface area contributed by atoms with E-state index < -0.39 is 17.8 Å². The maximum Gasteiger partial charge on any atom is 0.347 e. The first-order valence-corrected chi connectivity index (χ1v) is 6.10. The molecule has 0 radical (unpaired) electrons. The molecule has 0 aromatic carbocycles. The van der Waals surface area contributed by atoms with Gasteiger partial charge in [0, 0.05) is 18.9 Å². The maximum atomic E-state index is 12.1. The molecule has 0 spiro atoms. The van der Waals surface area contributed by atoms with Crippen molar-refractivity contribution in [1.29, 1.82) is 0 Å². The van der Waals surface area contributed by atoms with E-state index in [1.54, 1.807) is 6.07 Å². The lowest BCUT2D eigenvalue weighted by Crippen LogP contribution is -2.50. The van der Waals surface area contributed by atoms with E-state index in [4.69, 9.17) is 4.74 Å². The lowest BCUT2D eigenvalue weighted by atomic mass is 10.2. The molecule has 8 nitrogen and oxygen atoms in total. The summed E-state index contributed by atoms with van der Waals surface area (Å²) < 4.78 is 11.0. The van der Waals surface area contributed by atoms with E-state index in [1.165, 1.54) is 29.0 Å². The highest BCUT2D eigenvalue weighted by Gasteiger charge is 2.29. The molecule has 0 N–H and O–H groups in total. The van der Waals surface area contributed by atoms with E-state index in [9.17, 15) is 14.4 Å². The maximum absolute atomic E-state index is 12.1. The van der Waals surface area contributed by atoms with Gasteiger partial charge in [-0.15, -0.1) is 0 Å². The van der Waals surface area contributed by atoms with Crippen molar-refractivity contribution in [1.82, 2.24) is 14.5 Å².